The van der Waals surface area contributed by atoms with E-state index in [0.29, 0.717) is 6.54 Å². The van der Waals surface area contributed by atoms with Crippen molar-refractivity contribution in [3.63, 3.8) is 0 Å². The van der Waals surface area contributed by atoms with Crippen LogP contribution in [0.4, 0.5) is 0 Å². The minimum atomic E-state index is -0.414. The molecule has 0 aromatic carbocycles. The monoisotopic (exact) mass is 130 g/mol. The van der Waals surface area contributed by atoms with E-state index in [2.05, 4.69) is 0 Å². The molecule has 0 aromatic rings. The molecule has 53 valence electrons. The minimum absolute atomic E-state index is 0.243. The van der Waals surface area contributed by atoms with Crippen molar-refractivity contribution in [3.8, 4) is 0 Å². The maximum atomic E-state index is 10.4. The first-order valence-corrected chi connectivity index (χ1v) is 2.75. The highest BCUT2D eigenvalue weighted by atomic mass is 16.1. The highest BCUT2D eigenvalue weighted by Gasteiger charge is 2.10. The van der Waals surface area contributed by atoms with Gasteiger partial charge in [-0.1, -0.05) is 0 Å². The summed E-state index contributed by atoms with van der Waals surface area (Å²) in [5.41, 5.74) is 15.2. The van der Waals surface area contributed by atoms with E-state index >= 15 is 0 Å². The first-order chi connectivity index (χ1) is 4.22. The van der Waals surface area contributed by atoms with Gasteiger partial charge in [0.25, 0.3) is 0 Å². The molecule has 0 saturated carbocycles. The van der Waals surface area contributed by atoms with Crippen molar-refractivity contribution in [2.75, 3.05) is 13.1 Å². The Hall–Kier alpha value is -0.610. The van der Waals surface area contributed by atoms with E-state index in [0.717, 1.165) is 0 Å². The predicted octanol–water partition coefficient (Wildman–Crippen LogP) is -1.79. The summed E-state index contributed by atoms with van der Waals surface area (Å²) in [5, 5.41) is 0. The third kappa shape index (κ3) is 3.05. The van der Waals surface area contributed by atoms with Gasteiger partial charge >= 0.3 is 0 Å². The molecule has 4 nitrogen and oxygen atoms in total. The standard InChI is InChI=1S/C5H12N3O/c6-2-1-4(3-7)5(8)9/h1,4H,2-3,6-7H2,(H2,8,9). The van der Waals surface area contributed by atoms with Crippen molar-refractivity contribution in [2.45, 2.75) is 0 Å². The second kappa shape index (κ2) is 4.29. The fraction of sp³-hybridized carbons (Fsp3) is 0.600. The molecule has 0 rings (SSSR count). The minimum Gasteiger partial charge on any atom is -0.369 e. The van der Waals surface area contributed by atoms with E-state index < -0.39 is 5.91 Å². The van der Waals surface area contributed by atoms with Gasteiger partial charge in [-0.15, -0.1) is 0 Å². The molecule has 4 heteroatoms. The van der Waals surface area contributed by atoms with Gasteiger partial charge in [0.2, 0.25) is 5.91 Å². The Morgan fingerprint density at radius 1 is 1.56 bits per heavy atom. The summed E-state index contributed by atoms with van der Waals surface area (Å²) in [7, 11) is 0. The van der Waals surface area contributed by atoms with Gasteiger partial charge in [-0.25, -0.2) is 0 Å². The van der Waals surface area contributed by atoms with Crippen LogP contribution >= 0.6 is 0 Å². The number of rotatable bonds is 4. The summed E-state index contributed by atoms with van der Waals surface area (Å²) in [6.45, 7) is 0.581. The van der Waals surface area contributed by atoms with Crippen LogP contribution in [0.2, 0.25) is 0 Å². The molecule has 0 saturated heterocycles. The van der Waals surface area contributed by atoms with Crippen LogP contribution in [0.5, 0.6) is 0 Å². The summed E-state index contributed by atoms with van der Waals surface area (Å²) in [6, 6.07) is 0. The van der Waals surface area contributed by atoms with Gasteiger partial charge in [-0.05, 0) is 13.0 Å². The first kappa shape index (κ1) is 8.39. The van der Waals surface area contributed by atoms with Crippen LogP contribution < -0.4 is 17.2 Å². The van der Waals surface area contributed by atoms with E-state index in [1.54, 1.807) is 6.42 Å². The predicted molar refractivity (Wildman–Crippen MR) is 35.1 cm³/mol. The first-order valence-electron chi connectivity index (χ1n) is 2.75. The Kier molecular flexibility index (Phi) is 4.00. The molecule has 1 radical (unpaired) electrons. The zero-order chi connectivity index (χ0) is 7.28. The van der Waals surface area contributed by atoms with E-state index in [-0.39, 0.29) is 12.5 Å². The van der Waals surface area contributed by atoms with Crippen LogP contribution in [0.3, 0.4) is 0 Å². The Balaban J connectivity index is 3.54. The number of carbonyl (C=O) groups is 1. The van der Waals surface area contributed by atoms with Crippen molar-refractivity contribution >= 4 is 5.91 Å². The fourth-order valence-corrected chi connectivity index (χ4v) is 0.493. The maximum absolute atomic E-state index is 10.4. The van der Waals surface area contributed by atoms with Crippen molar-refractivity contribution in [1.29, 1.82) is 0 Å². The molecule has 0 aliphatic rings. The van der Waals surface area contributed by atoms with Gasteiger partial charge in [-0.2, -0.15) is 0 Å². The van der Waals surface area contributed by atoms with E-state index in [1.165, 1.54) is 0 Å². The summed E-state index contributed by atoms with van der Waals surface area (Å²) < 4.78 is 0. The lowest BCUT2D eigenvalue weighted by Crippen LogP contribution is -2.32. The molecular weight excluding hydrogens is 118 g/mol. The molecule has 0 aliphatic carbocycles. The smallest absolute Gasteiger partial charge is 0.222 e. The summed E-state index contributed by atoms with van der Waals surface area (Å²) in [5.74, 6) is -0.780. The Labute approximate surface area is 54.4 Å². The SMILES string of the molecule is NC[CH]C(CN)C(N)=O. The molecule has 1 unspecified atom stereocenters. The summed E-state index contributed by atoms with van der Waals surface area (Å²) in [4.78, 5) is 10.4. The average molecular weight is 130 g/mol. The maximum Gasteiger partial charge on any atom is 0.222 e. The van der Waals surface area contributed by atoms with Crippen molar-refractivity contribution in [1.82, 2.24) is 0 Å². The van der Waals surface area contributed by atoms with Gasteiger partial charge in [0, 0.05) is 6.54 Å². The Morgan fingerprint density at radius 3 is 2.22 bits per heavy atom. The van der Waals surface area contributed by atoms with Crippen LogP contribution in [0.1, 0.15) is 0 Å². The van der Waals surface area contributed by atoms with Gasteiger partial charge in [0.05, 0.1) is 5.92 Å². The number of carbonyl (C=O) groups excluding carboxylic acids is 1. The number of hydrogen-bond acceptors (Lipinski definition) is 3. The van der Waals surface area contributed by atoms with E-state index in [9.17, 15) is 4.79 Å². The van der Waals surface area contributed by atoms with Crippen LogP contribution in [0, 0.1) is 12.3 Å². The topological polar surface area (TPSA) is 95.1 Å². The largest absolute Gasteiger partial charge is 0.369 e. The van der Waals surface area contributed by atoms with Crippen molar-refractivity contribution in [3.05, 3.63) is 6.42 Å². The van der Waals surface area contributed by atoms with E-state index in [1.807, 2.05) is 0 Å². The number of hydrogen-bond donors (Lipinski definition) is 3. The molecule has 0 aromatic heterocycles. The second-order valence-corrected chi connectivity index (χ2v) is 1.72. The van der Waals surface area contributed by atoms with Crippen molar-refractivity contribution in [2.24, 2.45) is 23.1 Å². The van der Waals surface area contributed by atoms with Gasteiger partial charge < -0.3 is 17.2 Å². The molecule has 0 heterocycles. The number of primary amides is 1. The summed E-state index contributed by atoms with van der Waals surface area (Å²) >= 11 is 0. The summed E-state index contributed by atoms with van der Waals surface area (Å²) in [6.07, 6.45) is 1.60. The molecule has 9 heavy (non-hydrogen) atoms. The highest BCUT2D eigenvalue weighted by Crippen LogP contribution is 1.94. The van der Waals surface area contributed by atoms with Gasteiger partial charge in [-0.3, -0.25) is 4.79 Å². The quantitative estimate of drug-likeness (QED) is 0.419. The van der Waals surface area contributed by atoms with Gasteiger partial charge in [0.1, 0.15) is 0 Å². The third-order valence-electron chi connectivity index (χ3n) is 1.04. The van der Waals surface area contributed by atoms with Crippen LogP contribution in [-0.4, -0.2) is 19.0 Å². The lowest BCUT2D eigenvalue weighted by Gasteiger charge is -2.06. The Bertz CT molecular complexity index is 94.2. The molecule has 1 amide bonds. The molecule has 0 fully saturated rings. The lowest BCUT2D eigenvalue weighted by atomic mass is 10.1. The molecule has 1 atom stereocenters. The van der Waals surface area contributed by atoms with Crippen LogP contribution in [0.15, 0.2) is 0 Å². The van der Waals surface area contributed by atoms with Crippen LogP contribution in [0.25, 0.3) is 0 Å². The van der Waals surface area contributed by atoms with E-state index in [4.69, 9.17) is 17.2 Å². The zero-order valence-electron chi connectivity index (χ0n) is 5.21. The molecule has 0 spiro atoms. The average Bonchev–Trinajstić information content (AvgIpc) is 1.82. The van der Waals surface area contributed by atoms with Crippen molar-refractivity contribution < 1.29 is 4.79 Å². The fourth-order valence-electron chi connectivity index (χ4n) is 0.493. The molecule has 0 bridgehead atoms. The second-order valence-electron chi connectivity index (χ2n) is 1.72. The molecule has 0 aliphatic heterocycles. The normalized spacial score (nSPS) is 13.1. The lowest BCUT2D eigenvalue weighted by molar-refractivity contribution is -0.120. The van der Waals surface area contributed by atoms with Crippen LogP contribution in [-0.2, 0) is 4.79 Å². The van der Waals surface area contributed by atoms with Gasteiger partial charge in [0.15, 0.2) is 0 Å². The third-order valence-corrected chi connectivity index (χ3v) is 1.04. The zero-order valence-corrected chi connectivity index (χ0v) is 5.21. The molecule has 6 N–H and O–H groups in total. The molecular formula is C5H12N3O. The Morgan fingerprint density at radius 2 is 2.11 bits per heavy atom. The highest BCUT2D eigenvalue weighted by molar-refractivity contribution is 5.78. The number of amides is 1. The number of nitrogens with two attached hydrogens (primary N) is 3.